The van der Waals surface area contributed by atoms with Crippen LogP contribution < -0.4 is 14.8 Å². The molecule has 1 aliphatic rings. The molecule has 0 radical (unpaired) electrons. The molecule has 30 heavy (non-hydrogen) atoms. The number of fused-ring (bicyclic) bond motifs is 1. The summed E-state index contributed by atoms with van der Waals surface area (Å²) in [4.78, 5) is 16.0. The van der Waals surface area contributed by atoms with Crippen LogP contribution >= 0.6 is 0 Å². The summed E-state index contributed by atoms with van der Waals surface area (Å²) in [5.74, 6) is 1.24. The zero-order chi connectivity index (χ0) is 21.1. The summed E-state index contributed by atoms with van der Waals surface area (Å²) in [6.07, 6.45) is 2.26. The Morgan fingerprint density at radius 1 is 1.20 bits per heavy atom. The van der Waals surface area contributed by atoms with E-state index in [1.807, 2.05) is 43.3 Å². The van der Waals surface area contributed by atoms with Crippen LogP contribution in [0.1, 0.15) is 40.0 Å². The van der Waals surface area contributed by atoms with E-state index in [0.717, 1.165) is 41.6 Å². The van der Waals surface area contributed by atoms with Crippen LogP contribution in [0, 0.1) is 13.8 Å². The molecule has 1 atom stereocenters. The van der Waals surface area contributed by atoms with Crippen LogP contribution in [0.5, 0.6) is 11.5 Å². The van der Waals surface area contributed by atoms with Crippen LogP contribution in [0.15, 0.2) is 36.4 Å². The van der Waals surface area contributed by atoms with Crippen LogP contribution in [0.4, 0.5) is 0 Å². The van der Waals surface area contributed by atoms with Crippen molar-refractivity contribution in [3.63, 3.8) is 0 Å². The number of aromatic amines is 1. The summed E-state index contributed by atoms with van der Waals surface area (Å²) in [5.41, 5.74) is 4.93. The highest BCUT2D eigenvalue weighted by atomic mass is 16.5. The van der Waals surface area contributed by atoms with Gasteiger partial charge in [-0.25, -0.2) is 0 Å². The first-order valence-electron chi connectivity index (χ1n) is 10.3. The number of H-pyrrole nitrogens is 1. The fourth-order valence-corrected chi connectivity index (χ4v) is 3.79. The van der Waals surface area contributed by atoms with Crippen LogP contribution in [0.25, 0.3) is 10.9 Å². The van der Waals surface area contributed by atoms with E-state index in [0.29, 0.717) is 30.2 Å². The number of rotatable bonds is 7. The quantitative estimate of drug-likeness (QED) is 0.612. The summed E-state index contributed by atoms with van der Waals surface area (Å²) in [7, 11) is 1.62. The molecule has 1 amide bonds. The van der Waals surface area contributed by atoms with E-state index in [-0.39, 0.29) is 12.0 Å². The molecule has 1 aliphatic heterocycles. The van der Waals surface area contributed by atoms with Gasteiger partial charge in [-0.1, -0.05) is 6.07 Å². The average molecular weight is 408 g/mol. The van der Waals surface area contributed by atoms with Crippen molar-refractivity contribution in [2.75, 3.05) is 20.3 Å². The average Bonchev–Trinajstić information content (AvgIpc) is 3.38. The Labute approximate surface area is 176 Å². The number of methoxy groups -OCH3 is 1. The maximum atomic E-state index is 12.7. The molecule has 3 aromatic rings. The second kappa shape index (κ2) is 8.79. The topological polar surface area (TPSA) is 72.6 Å². The van der Waals surface area contributed by atoms with Crippen molar-refractivity contribution < 1.29 is 19.0 Å². The fraction of sp³-hybridized carbons (Fsp3) is 0.375. The van der Waals surface area contributed by atoms with Gasteiger partial charge in [-0.2, -0.15) is 0 Å². The number of aryl methyl sites for hydroxylation is 2. The zero-order valence-corrected chi connectivity index (χ0v) is 17.7. The molecule has 1 aromatic heterocycles. The van der Waals surface area contributed by atoms with Crippen LogP contribution in [-0.2, 0) is 11.3 Å². The third-order valence-corrected chi connectivity index (χ3v) is 5.70. The minimum Gasteiger partial charge on any atom is -0.493 e. The van der Waals surface area contributed by atoms with E-state index in [4.69, 9.17) is 14.2 Å². The summed E-state index contributed by atoms with van der Waals surface area (Å²) in [6, 6.07) is 11.5. The Morgan fingerprint density at radius 2 is 2.07 bits per heavy atom. The van der Waals surface area contributed by atoms with E-state index >= 15 is 0 Å². The third kappa shape index (κ3) is 4.28. The van der Waals surface area contributed by atoms with Crippen molar-refractivity contribution in [2.24, 2.45) is 0 Å². The van der Waals surface area contributed by atoms with Gasteiger partial charge in [-0.3, -0.25) is 4.79 Å². The molecular weight excluding hydrogens is 380 g/mol. The molecule has 1 saturated heterocycles. The number of carbonyl (C=O) groups is 1. The van der Waals surface area contributed by atoms with Gasteiger partial charge in [0.1, 0.15) is 6.61 Å². The van der Waals surface area contributed by atoms with Gasteiger partial charge in [0.15, 0.2) is 11.5 Å². The first-order chi connectivity index (χ1) is 14.5. The summed E-state index contributed by atoms with van der Waals surface area (Å²) >= 11 is 0. The SMILES string of the molecule is COc1cc(CNC(=O)c2ccc3[nH]c(C)c(C)c3c2)ccc1OCC1CCCO1. The van der Waals surface area contributed by atoms with Crippen molar-refractivity contribution in [2.45, 2.75) is 39.3 Å². The van der Waals surface area contributed by atoms with Gasteiger partial charge in [0, 0.05) is 35.3 Å². The van der Waals surface area contributed by atoms with E-state index in [9.17, 15) is 4.79 Å². The molecule has 2 N–H and O–H groups in total. The van der Waals surface area contributed by atoms with Crippen LogP contribution in [0.2, 0.25) is 0 Å². The normalized spacial score (nSPS) is 16.0. The van der Waals surface area contributed by atoms with Gasteiger partial charge in [0.05, 0.1) is 13.2 Å². The molecule has 2 aromatic carbocycles. The summed E-state index contributed by atoms with van der Waals surface area (Å²) in [6.45, 7) is 5.83. The number of ether oxygens (including phenoxy) is 3. The predicted octanol–water partition coefficient (Wildman–Crippen LogP) is 4.28. The summed E-state index contributed by atoms with van der Waals surface area (Å²) < 4.78 is 16.9. The zero-order valence-electron chi connectivity index (χ0n) is 17.7. The first-order valence-corrected chi connectivity index (χ1v) is 10.3. The van der Waals surface area contributed by atoms with E-state index in [2.05, 4.69) is 17.2 Å². The van der Waals surface area contributed by atoms with Gasteiger partial charge in [0.2, 0.25) is 0 Å². The molecule has 0 bridgehead atoms. The van der Waals surface area contributed by atoms with Gasteiger partial charge >= 0.3 is 0 Å². The van der Waals surface area contributed by atoms with E-state index in [1.54, 1.807) is 7.11 Å². The molecule has 0 spiro atoms. The Bertz CT molecular complexity index is 1050. The van der Waals surface area contributed by atoms with Crippen LogP contribution in [0.3, 0.4) is 0 Å². The number of carbonyl (C=O) groups excluding carboxylic acids is 1. The third-order valence-electron chi connectivity index (χ3n) is 5.70. The summed E-state index contributed by atoms with van der Waals surface area (Å²) in [5, 5.41) is 4.07. The lowest BCUT2D eigenvalue weighted by atomic mass is 10.1. The standard InChI is InChI=1S/C24H28N2O4/c1-15-16(2)26-21-8-7-18(12-20(15)21)24(27)25-13-17-6-9-22(23(11-17)28-3)30-14-19-5-4-10-29-19/h6-9,11-12,19,26H,4-5,10,13-14H2,1-3H3,(H,25,27). The molecule has 2 heterocycles. The Hall–Kier alpha value is -2.99. The van der Waals surface area contributed by atoms with Gasteiger partial charge in [0.25, 0.3) is 5.91 Å². The second-order valence-electron chi connectivity index (χ2n) is 7.75. The molecule has 1 unspecified atom stereocenters. The van der Waals surface area contributed by atoms with Crippen LogP contribution in [-0.4, -0.2) is 37.3 Å². The lowest BCUT2D eigenvalue weighted by Gasteiger charge is -2.15. The molecule has 0 aliphatic carbocycles. The van der Waals surface area contributed by atoms with Gasteiger partial charge < -0.3 is 24.5 Å². The number of benzene rings is 2. The maximum absolute atomic E-state index is 12.7. The predicted molar refractivity (Wildman–Crippen MR) is 116 cm³/mol. The highest BCUT2D eigenvalue weighted by molar-refractivity contribution is 5.99. The number of nitrogens with one attached hydrogen (secondary N) is 2. The van der Waals surface area contributed by atoms with Crippen molar-refractivity contribution in [3.05, 3.63) is 58.8 Å². The van der Waals surface area contributed by atoms with E-state index < -0.39 is 0 Å². The molecule has 0 saturated carbocycles. The van der Waals surface area contributed by atoms with Gasteiger partial charge in [-0.05, 0) is 68.1 Å². The Morgan fingerprint density at radius 3 is 2.83 bits per heavy atom. The lowest BCUT2D eigenvalue weighted by molar-refractivity contribution is 0.0669. The Kier molecular flexibility index (Phi) is 5.95. The fourth-order valence-electron chi connectivity index (χ4n) is 3.79. The second-order valence-corrected chi connectivity index (χ2v) is 7.75. The first kappa shape index (κ1) is 20.3. The molecule has 4 rings (SSSR count). The smallest absolute Gasteiger partial charge is 0.251 e. The van der Waals surface area contributed by atoms with Crippen molar-refractivity contribution in [1.82, 2.24) is 10.3 Å². The monoisotopic (exact) mass is 408 g/mol. The molecule has 6 nitrogen and oxygen atoms in total. The van der Waals surface area contributed by atoms with Crippen molar-refractivity contribution >= 4 is 16.8 Å². The lowest BCUT2D eigenvalue weighted by Crippen LogP contribution is -2.22. The minimum atomic E-state index is -0.104. The largest absolute Gasteiger partial charge is 0.493 e. The van der Waals surface area contributed by atoms with Crippen molar-refractivity contribution in [3.8, 4) is 11.5 Å². The molecule has 1 fully saturated rings. The number of hydrogen-bond donors (Lipinski definition) is 2. The maximum Gasteiger partial charge on any atom is 0.251 e. The molecular formula is C24H28N2O4. The molecule has 6 heteroatoms. The highest BCUT2D eigenvalue weighted by Crippen LogP contribution is 2.29. The van der Waals surface area contributed by atoms with E-state index in [1.165, 1.54) is 5.56 Å². The van der Waals surface area contributed by atoms with Gasteiger partial charge in [-0.15, -0.1) is 0 Å². The minimum absolute atomic E-state index is 0.104. The number of aromatic nitrogens is 1. The molecule has 158 valence electrons. The highest BCUT2D eigenvalue weighted by Gasteiger charge is 2.17. The number of hydrogen-bond acceptors (Lipinski definition) is 4. The van der Waals surface area contributed by atoms with Crippen molar-refractivity contribution in [1.29, 1.82) is 0 Å². The Balaban J connectivity index is 1.40. The number of amides is 1.